The molecular formula is C12H6ClNO3S. The van der Waals surface area contributed by atoms with Gasteiger partial charge in [0, 0.05) is 0 Å². The maximum Gasteiger partial charge on any atom is 0.335 e. The fraction of sp³-hybridized carbons (Fsp3) is 0. The molecule has 0 amide bonds. The Morgan fingerprint density at radius 1 is 1.33 bits per heavy atom. The fourth-order valence-corrected chi connectivity index (χ4v) is 2.71. The lowest BCUT2D eigenvalue weighted by molar-refractivity contribution is 0.0697. The van der Waals surface area contributed by atoms with Crippen LogP contribution in [0.15, 0.2) is 34.7 Å². The minimum Gasteiger partial charge on any atom is -0.478 e. The first-order valence-corrected chi connectivity index (χ1v) is 6.22. The number of halogens is 1. The minimum absolute atomic E-state index is 0.246. The van der Waals surface area contributed by atoms with Gasteiger partial charge in [-0.25, -0.2) is 9.78 Å². The van der Waals surface area contributed by atoms with Crippen LogP contribution in [0.3, 0.4) is 0 Å². The third-order valence-electron chi connectivity index (χ3n) is 2.42. The van der Waals surface area contributed by atoms with Gasteiger partial charge < -0.3 is 9.52 Å². The van der Waals surface area contributed by atoms with Crippen molar-refractivity contribution in [2.24, 2.45) is 0 Å². The van der Waals surface area contributed by atoms with Crippen LogP contribution in [0.5, 0.6) is 0 Å². The molecule has 0 fully saturated rings. The van der Waals surface area contributed by atoms with Crippen LogP contribution < -0.4 is 0 Å². The quantitative estimate of drug-likeness (QED) is 0.772. The van der Waals surface area contributed by atoms with Crippen LogP contribution >= 0.6 is 22.9 Å². The molecule has 0 aliphatic rings. The van der Waals surface area contributed by atoms with E-state index in [1.165, 1.54) is 17.4 Å². The Balaban J connectivity index is 2.13. The van der Waals surface area contributed by atoms with Gasteiger partial charge in [0.2, 0.25) is 0 Å². The van der Waals surface area contributed by atoms with Gasteiger partial charge in [-0.3, -0.25) is 0 Å². The lowest BCUT2D eigenvalue weighted by atomic mass is 10.2. The Bertz CT molecular complexity index is 747. The Labute approximate surface area is 110 Å². The largest absolute Gasteiger partial charge is 0.478 e. The predicted octanol–water partition coefficient (Wildman–Crippen LogP) is 3.91. The fourth-order valence-electron chi connectivity index (χ4n) is 1.59. The summed E-state index contributed by atoms with van der Waals surface area (Å²) in [5.41, 5.74) is 0.989. The van der Waals surface area contributed by atoms with Crippen LogP contribution in [0.2, 0.25) is 5.22 Å². The number of nitrogens with zero attached hydrogens (tertiary/aromatic N) is 1. The van der Waals surface area contributed by atoms with E-state index in [2.05, 4.69) is 4.98 Å². The second-order valence-electron chi connectivity index (χ2n) is 3.61. The predicted molar refractivity (Wildman–Crippen MR) is 69.3 cm³/mol. The molecule has 1 N–H and O–H groups in total. The monoisotopic (exact) mass is 279 g/mol. The highest BCUT2D eigenvalue weighted by atomic mass is 35.5. The molecule has 1 aromatic carbocycles. The Morgan fingerprint density at radius 3 is 2.83 bits per heavy atom. The number of fused-ring (bicyclic) bond motifs is 1. The third kappa shape index (κ3) is 1.87. The van der Waals surface area contributed by atoms with E-state index in [-0.39, 0.29) is 5.56 Å². The Morgan fingerprint density at radius 2 is 2.17 bits per heavy atom. The average Bonchev–Trinajstić information content (AvgIpc) is 2.93. The lowest BCUT2D eigenvalue weighted by Crippen LogP contribution is -1.94. The van der Waals surface area contributed by atoms with Crippen LogP contribution in [-0.4, -0.2) is 16.1 Å². The van der Waals surface area contributed by atoms with Gasteiger partial charge >= 0.3 is 5.97 Å². The van der Waals surface area contributed by atoms with Crippen molar-refractivity contribution in [1.82, 2.24) is 4.98 Å². The van der Waals surface area contributed by atoms with Gasteiger partial charge in [-0.1, -0.05) is 0 Å². The molecule has 2 heterocycles. The molecule has 18 heavy (non-hydrogen) atoms. The molecule has 4 nitrogen and oxygen atoms in total. The van der Waals surface area contributed by atoms with Crippen molar-refractivity contribution in [3.63, 3.8) is 0 Å². The van der Waals surface area contributed by atoms with Crippen molar-refractivity contribution in [3.8, 4) is 10.8 Å². The molecule has 0 atom stereocenters. The molecule has 0 saturated carbocycles. The van der Waals surface area contributed by atoms with Crippen molar-refractivity contribution in [2.75, 3.05) is 0 Å². The van der Waals surface area contributed by atoms with Gasteiger partial charge in [-0.2, -0.15) is 0 Å². The van der Waals surface area contributed by atoms with Crippen LogP contribution in [0, 0.1) is 0 Å². The van der Waals surface area contributed by atoms with E-state index in [4.69, 9.17) is 21.1 Å². The van der Waals surface area contributed by atoms with Gasteiger partial charge in [-0.05, 0) is 41.9 Å². The lowest BCUT2D eigenvalue weighted by Gasteiger charge is -1.91. The normalized spacial score (nSPS) is 10.9. The topological polar surface area (TPSA) is 63.3 Å². The van der Waals surface area contributed by atoms with E-state index in [9.17, 15) is 4.79 Å². The zero-order chi connectivity index (χ0) is 12.7. The summed E-state index contributed by atoms with van der Waals surface area (Å²) in [7, 11) is 0. The molecule has 0 aliphatic heterocycles. The van der Waals surface area contributed by atoms with Gasteiger partial charge in [0.1, 0.15) is 0 Å². The maximum atomic E-state index is 10.9. The molecule has 2 aromatic heterocycles. The Hall–Kier alpha value is -1.85. The number of thiazole rings is 1. The number of carboxylic acids is 1. The number of aromatic carboxylic acids is 1. The Kier molecular flexibility index (Phi) is 2.57. The molecule has 6 heteroatoms. The molecule has 0 bridgehead atoms. The number of benzene rings is 1. The third-order valence-corrected chi connectivity index (χ3v) is 3.66. The van der Waals surface area contributed by atoms with E-state index in [1.807, 2.05) is 0 Å². The van der Waals surface area contributed by atoms with Crippen molar-refractivity contribution in [3.05, 3.63) is 41.1 Å². The molecule has 90 valence electrons. The first-order valence-electron chi connectivity index (χ1n) is 5.03. The molecule has 3 rings (SSSR count). The second kappa shape index (κ2) is 4.12. The zero-order valence-corrected chi connectivity index (χ0v) is 10.5. The van der Waals surface area contributed by atoms with Gasteiger partial charge in [0.25, 0.3) is 0 Å². The highest BCUT2D eigenvalue weighted by Gasteiger charge is 2.11. The zero-order valence-electron chi connectivity index (χ0n) is 8.88. The van der Waals surface area contributed by atoms with Crippen LogP contribution in [0.4, 0.5) is 0 Å². The highest BCUT2D eigenvalue weighted by Crippen LogP contribution is 2.32. The smallest absolute Gasteiger partial charge is 0.335 e. The summed E-state index contributed by atoms with van der Waals surface area (Å²) in [6.07, 6.45) is 0. The number of rotatable bonds is 2. The second-order valence-corrected chi connectivity index (χ2v) is 5.01. The van der Waals surface area contributed by atoms with Gasteiger partial charge in [0.05, 0.1) is 15.8 Å². The minimum atomic E-state index is -0.951. The molecule has 3 aromatic rings. The van der Waals surface area contributed by atoms with Gasteiger partial charge in [-0.15, -0.1) is 11.3 Å². The average molecular weight is 280 g/mol. The summed E-state index contributed by atoms with van der Waals surface area (Å²) in [5.74, 6) is -0.369. The van der Waals surface area contributed by atoms with Crippen LogP contribution in [-0.2, 0) is 0 Å². The molecular weight excluding hydrogens is 274 g/mol. The van der Waals surface area contributed by atoms with Crippen molar-refractivity contribution in [1.29, 1.82) is 0 Å². The van der Waals surface area contributed by atoms with Crippen LogP contribution in [0.1, 0.15) is 10.4 Å². The van der Waals surface area contributed by atoms with E-state index in [1.54, 1.807) is 24.3 Å². The number of hydrogen-bond donors (Lipinski definition) is 1. The van der Waals surface area contributed by atoms with Gasteiger partial charge in [0.15, 0.2) is 16.0 Å². The number of carboxylic acid groups (broad SMARTS) is 1. The molecule has 0 unspecified atom stereocenters. The maximum absolute atomic E-state index is 10.9. The summed E-state index contributed by atoms with van der Waals surface area (Å²) in [5, 5.41) is 9.90. The summed E-state index contributed by atoms with van der Waals surface area (Å²) in [4.78, 5) is 15.2. The first-order chi connectivity index (χ1) is 8.63. The van der Waals surface area contributed by atoms with Crippen LogP contribution in [0.25, 0.3) is 21.0 Å². The van der Waals surface area contributed by atoms with E-state index in [0.29, 0.717) is 16.0 Å². The standard InChI is InChI=1S/C12H6ClNO3S/c13-10-4-3-8(17-10)11-14-7-2-1-6(12(15)16)5-9(7)18-11/h1-5H,(H,15,16). The molecule has 0 radical (unpaired) electrons. The number of carbonyl (C=O) groups is 1. The summed E-state index contributed by atoms with van der Waals surface area (Å²) in [6, 6.07) is 8.19. The molecule has 0 aliphatic carbocycles. The van der Waals surface area contributed by atoms with Crippen molar-refractivity contribution >= 4 is 39.1 Å². The number of hydrogen-bond acceptors (Lipinski definition) is 4. The summed E-state index contributed by atoms with van der Waals surface area (Å²) in [6.45, 7) is 0. The molecule has 0 saturated heterocycles. The first kappa shape index (κ1) is 11.3. The highest BCUT2D eigenvalue weighted by molar-refractivity contribution is 7.21. The molecule has 0 spiro atoms. The summed E-state index contributed by atoms with van der Waals surface area (Å²) >= 11 is 7.08. The van der Waals surface area contributed by atoms with Crippen molar-refractivity contribution in [2.45, 2.75) is 0 Å². The van der Waals surface area contributed by atoms with E-state index in [0.717, 1.165) is 10.2 Å². The number of aromatic nitrogens is 1. The number of furan rings is 1. The van der Waals surface area contributed by atoms with E-state index < -0.39 is 5.97 Å². The van der Waals surface area contributed by atoms with Crippen molar-refractivity contribution < 1.29 is 14.3 Å². The SMILES string of the molecule is O=C(O)c1ccc2nc(-c3ccc(Cl)o3)sc2c1. The van der Waals surface area contributed by atoms with E-state index >= 15 is 0 Å². The summed E-state index contributed by atoms with van der Waals surface area (Å²) < 4.78 is 6.08.